The van der Waals surface area contributed by atoms with Crippen LogP contribution in [-0.2, 0) is 0 Å². The molecule has 0 saturated heterocycles. The molecule has 0 spiro atoms. The van der Waals surface area contributed by atoms with E-state index in [4.69, 9.17) is 0 Å². The molecule has 0 amide bonds. The minimum Gasteiger partial charge on any atom is -0.385 e. The molecule has 2 aromatic heterocycles. The highest BCUT2D eigenvalue weighted by atomic mass is 16.3. The van der Waals surface area contributed by atoms with Gasteiger partial charge in [-0.1, -0.05) is 12.8 Å². The summed E-state index contributed by atoms with van der Waals surface area (Å²) < 4.78 is 0. The molecular weight excluding hydrogens is 232 g/mol. The summed E-state index contributed by atoms with van der Waals surface area (Å²) in [7, 11) is 0. The molecule has 1 fully saturated rings. The molecule has 0 bridgehead atoms. The maximum atomic E-state index is 11.8. The summed E-state index contributed by atoms with van der Waals surface area (Å²) in [6, 6.07) is 0. The monoisotopic (exact) mass is 248 g/mol. The molecule has 0 unspecified atom stereocenters. The Hall–Kier alpha value is -1.69. The van der Waals surface area contributed by atoms with E-state index in [-0.39, 0.29) is 5.56 Å². The molecule has 0 aromatic carbocycles. The normalized spacial score (nSPS) is 18.6. The number of aliphatic hydroxyl groups excluding tert-OH is 1. The lowest BCUT2D eigenvalue weighted by Gasteiger charge is -2.07. The number of nitrogens with zero attached hydrogens (tertiary/aromatic N) is 2. The van der Waals surface area contributed by atoms with Crippen LogP contribution >= 0.6 is 0 Å². The third kappa shape index (κ3) is 1.73. The Balaban J connectivity index is 2.18. The van der Waals surface area contributed by atoms with E-state index in [1.165, 1.54) is 12.8 Å². The Labute approximate surface area is 103 Å². The van der Waals surface area contributed by atoms with Gasteiger partial charge in [0.15, 0.2) is 5.52 Å². The van der Waals surface area contributed by atoms with Gasteiger partial charge in [0.05, 0.1) is 5.69 Å². The first-order chi connectivity index (χ1) is 8.66. The van der Waals surface area contributed by atoms with Crippen molar-refractivity contribution in [3.63, 3.8) is 0 Å². The highest BCUT2D eigenvalue weighted by Crippen LogP contribution is 2.35. The Kier molecular flexibility index (Phi) is 2.66. The van der Waals surface area contributed by atoms with Crippen LogP contribution in [0.15, 0.2) is 4.79 Å². The van der Waals surface area contributed by atoms with Crippen molar-refractivity contribution in [2.45, 2.75) is 44.6 Å². The van der Waals surface area contributed by atoms with E-state index < -0.39 is 6.10 Å². The first-order valence-corrected chi connectivity index (χ1v) is 6.33. The molecule has 2 aromatic rings. The van der Waals surface area contributed by atoms with Crippen molar-refractivity contribution in [1.82, 2.24) is 20.2 Å². The minimum atomic E-state index is -0.784. The number of hydrogen-bond acceptors (Lipinski definition) is 4. The van der Waals surface area contributed by atoms with Crippen molar-refractivity contribution in [3.8, 4) is 0 Å². The molecule has 6 nitrogen and oxygen atoms in total. The van der Waals surface area contributed by atoms with Gasteiger partial charge in [-0.2, -0.15) is 5.10 Å². The average molecular weight is 248 g/mol. The zero-order valence-electron chi connectivity index (χ0n) is 10.2. The fourth-order valence-electron chi connectivity index (χ4n) is 2.64. The highest BCUT2D eigenvalue weighted by molar-refractivity contribution is 5.76. The van der Waals surface area contributed by atoms with Gasteiger partial charge < -0.3 is 10.1 Å². The Bertz CT molecular complexity index is 623. The molecular formula is C12H16N4O2. The van der Waals surface area contributed by atoms with Crippen molar-refractivity contribution in [3.05, 3.63) is 21.9 Å². The third-order valence-corrected chi connectivity index (χ3v) is 3.62. The van der Waals surface area contributed by atoms with Gasteiger partial charge in [0.2, 0.25) is 0 Å². The molecule has 1 aliphatic rings. The van der Waals surface area contributed by atoms with Gasteiger partial charge in [-0.15, -0.1) is 0 Å². The highest BCUT2D eigenvalue weighted by Gasteiger charge is 2.23. The van der Waals surface area contributed by atoms with Crippen molar-refractivity contribution >= 4 is 11.0 Å². The van der Waals surface area contributed by atoms with Crippen LogP contribution in [0.4, 0.5) is 0 Å². The summed E-state index contributed by atoms with van der Waals surface area (Å²) >= 11 is 0. The van der Waals surface area contributed by atoms with Crippen molar-refractivity contribution < 1.29 is 5.11 Å². The quantitative estimate of drug-likeness (QED) is 0.747. The predicted octanol–water partition coefficient (Wildman–Crippen LogP) is 1.36. The topological polar surface area (TPSA) is 94.7 Å². The lowest BCUT2D eigenvalue weighted by molar-refractivity contribution is 0.189. The van der Waals surface area contributed by atoms with Gasteiger partial charge in [0.1, 0.15) is 17.4 Å². The van der Waals surface area contributed by atoms with Crippen LogP contribution in [0.3, 0.4) is 0 Å². The molecule has 2 heterocycles. The van der Waals surface area contributed by atoms with Crippen molar-refractivity contribution in [2.75, 3.05) is 0 Å². The van der Waals surface area contributed by atoms with Crippen LogP contribution in [0.5, 0.6) is 0 Å². The van der Waals surface area contributed by atoms with Gasteiger partial charge in [0.25, 0.3) is 5.56 Å². The SMILES string of the molecule is C[C@@H](O)c1nc2c(C3CCCC3)[nH]nc2c(=O)[nH]1. The van der Waals surface area contributed by atoms with E-state index in [0.29, 0.717) is 22.8 Å². The van der Waals surface area contributed by atoms with Gasteiger partial charge in [-0.05, 0) is 19.8 Å². The minimum absolute atomic E-state index is 0.295. The van der Waals surface area contributed by atoms with Gasteiger partial charge >= 0.3 is 0 Å². The Morgan fingerprint density at radius 3 is 2.72 bits per heavy atom. The van der Waals surface area contributed by atoms with Crippen LogP contribution in [0.25, 0.3) is 11.0 Å². The van der Waals surface area contributed by atoms with Crippen LogP contribution < -0.4 is 5.56 Å². The van der Waals surface area contributed by atoms with E-state index in [2.05, 4.69) is 20.2 Å². The molecule has 0 radical (unpaired) electrons. The van der Waals surface area contributed by atoms with E-state index in [0.717, 1.165) is 18.5 Å². The molecule has 1 saturated carbocycles. The predicted molar refractivity (Wildman–Crippen MR) is 66.4 cm³/mol. The molecule has 1 aliphatic carbocycles. The van der Waals surface area contributed by atoms with Gasteiger partial charge in [-0.25, -0.2) is 4.98 Å². The smallest absolute Gasteiger partial charge is 0.279 e. The van der Waals surface area contributed by atoms with Crippen molar-refractivity contribution in [2.24, 2.45) is 0 Å². The summed E-state index contributed by atoms with van der Waals surface area (Å²) in [6.07, 6.45) is 3.84. The van der Waals surface area contributed by atoms with Crippen LogP contribution in [-0.4, -0.2) is 25.3 Å². The number of aliphatic hydroxyl groups is 1. The second-order valence-electron chi connectivity index (χ2n) is 4.94. The number of fused-ring (bicyclic) bond motifs is 1. The number of nitrogens with one attached hydrogen (secondary N) is 2. The fourth-order valence-corrected chi connectivity index (χ4v) is 2.64. The fraction of sp³-hybridized carbons (Fsp3) is 0.583. The average Bonchev–Trinajstić information content (AvgIpc) is 2.96. The molecule has 3 N–H and O–H groups in total. The van der Waals surface area contributed by atoms with Crippen LogP contribution in [0.1, 0.15) is 56.1 Å². The molecule has 96 valence electrons. The molecule has 18 heavy (non-hydrogen) atoms. The molecule has 6 heteroatoms. The van der Waals surface area contributed by atoms with E-state index in [9.17, 15) is 9.90 Å². The maximum absolute atomic E-state index is 11.8. The lowest BCUT2D eigenvalue weighted by Crippen LogP contribution is -2.13. The molecule has 3 rings (SSSR count). The number of rotatable bonds is 2. The summed E-state index contributed by atoms with van der Waals surface area (Å²) in [5.41, 5.74) is 1.59. The van der Waals surface area contributed by atoms with Gasteiger partial charge in [-0.3, -0.25) is 9.89 Å². The summed E-state index contributed by atoms with van der Waals surface area (Å²) in [5.74, 6) is 0.708. The Morgan fingerprint density at radius 2 is 2.06 bits per heavy atom. The summed E-state index contributed by atoms with van der Waals surface area (Å²) in [5, 5.41) is 16.5. The van der Waals surface area contributed by atoms with E-state index in [1.54, 1.807) is 6.92 Å². The van der Waals surface area contributed by atoms with E-state index >= 15 is 0 Å². The number of aromatic nitrogens is 4. The summed E-state index contributed by atoms with van der Waals surface area (Å²) in [4.78, 5) is 18.7. The van der Waals surface area contributed by atoms with Crippen LogP contribution in [0.2, 0.25) is 0 Å². The number of hydrogen-bond donors (Lipinski definition) is 3. The largest absolute Gasteiger partial charge is 0.385 e. The standard InChI is InChI=1S/C12H16N4O2/c1-6(17)11-13-9-8(7-4-2-3-5-7)15-16-10(9)12(18)14-11/h6-7,17H,2-5H2,1H3,(H,15,16)(H,13,14,18)/t6-/m1/s1. The first-order valence-electron chi connectivity index (χ1n) is 6.33. The number of aromatic amines is 2. The third-order valence-electron chi connectivity index (χ3n) is 3.62. The molecule has 0 aliphatic heterocycles. The zero-order chi connectivity index (χ0) is 12.7. The van der Waals surface area contributed by atoms with E-state index in [1.807, 2.05) is 0 Å². The molecule has 1 atom stereocenters. The maximum Gasteiger partial charge on any atom is 0.279 e. The second-order valence-corrected chi connectivity index (χ2v) is 4.94. The second kappa shape index (κ2) is 4.20. The Morgan fingerprint density at radius 1 is 1.33 bits per heavy atom. The van der Waals surface area contributed by atoms with Crippen LogP contribution in [0, 0.1) is 0 Å². The van der Waals surface area contributed by atoms with Crippen molar-refractivity contribution in [1.29, 1.82) is 0 Å². The first kappa shape index (κ1) is 11.4. The van der Waals surface area contributed by atoms with Gasteiger partial charge in [0, 0.05) is 5.92 Å². The number of H-pyrrole nitrogens is 2. The lowest BCUT2D eigenvalue weighted by atomic mass is 10.0. The summed E-state index contributed by atoms with van der Waals surface area (Å²) in [6.45, 7) is 1.58. The zero-order valence-corrected chi connectivity index (χ0v) is 10.2.